The molecule has 1 aromatic carbocycles. The molecular weight excluding hydrogens is 311 g/mol. The van der Waals surface area contributed by atoms with Gasteiger partial charge in [0.25, 0.3) is 0 Å². The van der Waals surface area contributed by atoms with Crippen molar-refractivity contribution >= 4 is 29.1 Å². The average Bonchev–Trinajstić information content (AvgIpc) is 2.96. The van der Waals surface area contributed by atoms with Crippen LogP contribution in [-0.4, -0.2) is 31.6 Å². The maximum atomic E-state index is 11.7. The summed E-state index contributed by atoms with van der Waals surface area (Å²) in [6.45, 7) is 2.22. The lowest BCUT2D eigenvalue weighted by molar-refractivity contribution is -0.121. The van der Waals surface area contributed by atoms with Crippen molar-refractivity contribution in [2.24, 2.45) is 0 Å². The van der Waals surface area contributed by atoms with Crippen molar-refractivity contribution in [1.29, 1.82) is 0 Å². The molecule has 116 valence electrons. The van der Waals surface area contributed by atoms with Crippen molar-refractivity contribution in [3.05, 3.63) is 28.2 Å². The molecule has 21 heavy (non-hydrogen) atoms. The van der Waals surface area contributed by atoms with Gasteiger partial charge in [0.1, 0.15) is 5.75 Å². The zero-order chi connectivity index (χ0) is 15.1. The number of amides is 1. The number of halogens is 2. The highest BCUT2D eigenvalue weighted by molar-refractivity contribution is 6.35. The molecule has 0 radical (unpaired) electrons. The zero-order valence-corrected chi connectivity index (χ0v) is 13.3. The van der Waals surface area contributed by atoms with E-state index in [2.05, 4.69) is 10.6 Å². The summed E-state index contributed by atoms with van der Waals surface area (Å²) in [6.07, 6.45) is 3.44. The zero-order valence-electron chi connectivity index (χ0n) is 11.8. The molecule has 1 atom stereocenters. The maximum Gasteiger partial charge on any atom is 0.220 e. The normalized spacial score (nSPS) is 17.7. The van der Waals surface area contributed by atoms with Gasteiger partial charge in [0.2, 0.25) is 5.91 Å². The van der Waals surface area contributed by atoms with Crippen LogP contribution in [0.4, 0.5) is 0 Å². The van der Waals surface area contributed by atoms with Crippen LogP contribution in [0.3, 0.4) is 0 Å². The summed E-state index contributed by atoms with van der Waals surface area (Å²) in [6, 6.07) is 5.53. The van der Waals surface area contributed by atoms with Gasteiger partial charge in [-0.2, -0.15) is 0 Å². The number of nitrogens with one attached hydrogen (secondary N) is 2. The van der Waals surface area contributed by atoms with Gasteiger partial charge < -0.3 is 15.4 Å². The molecule has 1 amide bonds. The van der Waals surface area contributed by atoms with E-state index in [0.717, 1.165) is 13.0 Å². The summed E-state index contributed by atoms with van der Waals surface area (Å²) in [4.78, 5) is 11.7. The number of carbonyl (C=O) groups is 1. The fourth-order valence-electron chi connectivity index (χ4n) is 2.26. The van der Waals surface area contributed by atoms with Gasteiger partial charge in [-0.3, -0.25) is 4.79 Å². The minimum absolute atomic E-state index is 0.0644. The van der Waals surface area contributed by atoms with E-state index in [0.29, 0.717) is 47.8 Å². The van der Waals surface area contributed by atoms with Gasteiger partial charge in [-0.15, -0.1) is 0 Å². The van der Waals surface area contributed by atoms with Crippen LogP contribution in [0.2, 0.25) is 10.0 Å². The molecule has 1 aromatic rings. The Bertz CT molecular complexity index is 477. The van der Waals surface area contributed by atoms with Gasteiger partial charge in [0.05, 0.1) is 11.6 Å². The van der Waals surface area contributed by atoms with E-state index in [1.165, 1.54) is 6.42 Å². The van der Waals surface area contributed by atoms with Crippen molar-refractivity contribution in [2.45, 2.75) is 31.7 Å². The fraction of sp³-hybridized carbons (Fsp3) is 0.533. The molecule has 1 aliphatic rings. The minimum Gasteiger partial charge on any atom is -0.492 e. The minimum atomic E-state index is 0.0644. The Morgan fingerprint density at radius 2 is 2.29 bits per heavy atom. The first-order valence-electron chi connectivity index (χ1n) is 7.23. The molecule has 0 spiro atoms. The van der Waals surface area contributed by atoms with Crippen LogP contribution in [0.25, 0.3) is 0 Å². The van der Waals surface area contributed by atoms with Crippen LogP contribution in [0.15, 0.2) is 18.2 Å². The summed E-state index contributed by atoms with van der Waals surface area (Å²) in [5, 5.41) is 7.35. The lowest BCUT2D eigenvalue weighted by atomic mass is 10.2. The molecule has 4 nitrogen and oxygen atoms in total. The summed E-state index contributed by atoms with van der Waals surface area (Å²) < 4.78 is 5.54. The van der Waals surface area contributed by atoms with Gasteiger partial charge in [0, 0.05) is 24.0 Å². The van der Waals surface area contributed by atoms with E-state index in [1.807, 2.05) is 0 Å². The number of carbonyl (C=O) groups excluding carboxylic acids is 1. The summed E-state index contributed by atoms with van der Waals surface area (Å²) in [5.74, 6) is 0.658. The van der Waals surface area contributed by atoms with Crippen molar-refractivity contribution < 1.29 is 9.53 Å². The van der Waals surface area contributed by atoms with E-state index in [1.54, 1.807) is 18.2 Å². The molecular formula is C15H20Cl2N2O2. The highest BCUT2D eigenvalue weighted by Gasteiger charge is 2.14. The second-order valence-electron chi connectivity index (χ2n) is 5.12. The lowest BCUT2D eigenvalue weighted by Gasteiger charge is -2.12. The molecule has 1 unspecified atom stereocenters. The molecule has 2 rings (SSSR count). The fourth-order valence-corrected chi connectivity index (χ4v) is 2.73. The highest BCUT2D eigenvalue weighted by Crippen LogP contribution is 2.27. The summed E-state index contributed by atoms with van der Waals surface area (Å²) in [7, 11) is 0. The number of benzene rings is 1. The van der Waals surface area contributed by atoms with Crippen molar-refractivity contribution in [3.63, 3.8) is 0 Å². The van der Waals surface area contributed by atoms with Gasteiger partial charge in [-0.1, -0.05) is 23.2 Å². The predicted molar refractivity (Wildman–Crippen MR) is 85.2 cm³/mol. The van der Waals surface area contributed by atoms with Gasteiger partial charge in [-0.05, 0) is 44.0 Å². The molecule has 0 saturated carbocycles. The Morgan fingerprint density at radius 1 is 1.43 bits per heavy atom. The Labute approximate surface area is 135 Å². The van der Waals surface area contributed by atoms with Crippen LogP contribution in [-0.2, 0) is 4.79 Å². The van der Waals surface area contributed by atoms with Crippen LogP contribution >= 0.6 is 23.2 Å². The van der Waals surface area contributed by atoms with Crippen LogP contribution in [0.1, 0.15) is 25.7 Å². The summed E-state index contributed by atoms with van der Waals surface area (Å²) >= 11 is 11.8. The van der Waals surface area contributed by atoms with E-state index in [9.17, 15) is 4.79 Å². The predicted octanol–water partition coefficient (Wildman–Crippen LogP) is 3.02. The third-order valence-electron chi connectivity index (χ3n) is 3.41. The number of rotatable bonds is 7. The molecule has 1 fully saturated rings. The third-order valence-corrected chi connectivity index (χ3v) is 3.94. The molecule has 1 heterocycles. The number of ether oxygens (including phenoxy) is 1. The molecule has 1 aliphatic heterocycles. The molecule has 0 bridgehead atoms. The Kier molecular flexibility index (Phi) is 6.61. The maximum absolute atomic E-state index is 11.7. The smallest absolute Gasteiger partial charge is 0.220 e. The van der Waals surface area contributed by atoms with Crippen molar-refractivity contribution in [3.8, 4) is 5.75 Å². The Balaban J connectivity index is 1.59. The lowest BCUT2D eigenvalue weighted by Crippen LogP contribution is -2.37. The third kappa shape index (κ3) is 5.73. The topological polar surface area (TPSA) is 50.4 Å². The largest absolute Gasteiger partial charge is 0.492 e. The number of hydrogen-bond donors (Lipinski definition) is 2. The number of hydrogen-bond acceptors (Lipinski definition) is 3. The van der Waals surface area contributed by atoms with E-state index in [4.69, 9.17) is 27.9 Å². The van der Waals surface area contributed by atoms with Gasteiger partial charge in [0.15, 0.2) is 0 Å². The van der Waals surface area contributed by atoms with E-state index in [-0.39, 0.29) is 5.91 Å². The first-order valence-corrected chi connectivity index (χ1v) is 7.98. The second kappa shape index (κ2) is 8.47. The van der Waals surface area contributed by atoms with Gasteiger partial charge >= 0.3 is 0 Å². The van der Waals surface area contributed by atoms with Crippen LogP contribution < -0.4 is 15.4 Å². The van der Waals surface area contributed by atoms with E-state index < -0.39 is 0 Å². The quantitative estimate of drug-likeness (QED) is 0.755. The SMILES string of the molecule is O=C(CCCOc1ccc(Cl)cc1Cl)NCC1CCCN1. The summed E-state index contributed by atoms with van der Waals surface area (Å²) in [5.41, 5.74) is 0. The van der Waals surface area contributed by atoms with Crippen LogP contribution in [0.5, 0.6) is 5.75 Å². The van der Waals surface area contributed by atoms with Crippen LogP contribution in [0, 0.1) is 0 Å². The molecule has 6 heteroatoms. The average molecular weight is 331 g/mol. The Hall–Kier alpha value is -0.970. The first kappa shape index (κ1) is 16.4. The molecule has 1 saturated heterocycles. The monoisotopic (exact) mass is 330 g/mol. The van der Waals surface area contributed by atoms with Crippen molar-refractivity contribution in [2.75, 3.05) is 19.7 Å². The molecule has 0 aromatic heterocycles. The van der Waals surface area contributed by atoms with Gasteiger partial charge in [-0.25, -0.2) is 0 Å². The first-order chi connectivity index (χ1) is 10.1. The highest BCUT2D eigenvalue weighted by atomic mass is 35.5. The van der Waals surface area contributed by atoms with E-state index >= 15 is 0 Å². The second-order valence-corrected chi connectivity index (χ2v) is 5.97. The molecule has 2 N–H and O–H groups in total. The molecule has 0 aliphatic carbocycles. The van der Waals surface area contributed by atoms with Crippen molar-refractivity contribution in [1.82, 2.24) is 10.6 Å². The Morgan fingerprint density at radius 3 is 3.00 bits per heavy atom. The standard InChI is InChI=1S/C15H20Cl2N2O2/c16-11-5-6-14(13(17)9-11)21-8-2-4-15(20)19-10-12-3-1-7-18-12/h5-6,9,12,18H,1-4,7-8,10H2,(H,19,20).